The van der Waals surface area contributed by atoms with Crippen molar-refractivity contribution in [1.29, 1.82) is 0 Å². The van der Waals surface area contributed by atoms with Crippen LogP contribution in [0, 0.1) is 6.92 Å². The minimum atomic E-state index is -0.960. The third-order valence-electron chi connectivity index (χ3n) is 2.15. The zero-order valence-electron chi connectivity index (χ0n) is 8.45. The Morgan fingerprint density at radius 1 is 1.40 bits per heavy atom. The number of carbonyl (C=O) groups excluding carboxylic acids is 1. The number of aryl methyl sites for hydroxylation is 1. The molecule has 15 heavy (non-hydrogen) atoms. The molecule has 0 fully saturated rings. The van der Waals surface area contributed by atoms with E-state index in [0.717, 1.165) is 11.1 Å². The molecule has 3 nitrogen and oxygen atoms in total. The van der Waals surface area contributed by atoms with Crippen LogP contribution in [0.4, 0.5) is 0 Å². The number of carbonyl (C=O) groups is 2. The maximum atomic E-state index is 11.2. The second-order valence-corrected chi connectivity index (χ2v) is 4.27. The van der Waals surface area contributed by atoms with Gasteiger partial charge in [0.15, 0.2) is 0 Å². The summed E-state index contributed by atoms with van der Waals surface area (Å²) in [4.78, 5) is 21.5. The maximum absolute atomic E-state index is 11.2. The van der Waals surface area contributed by atoms with Crippen molar-refractivity contribution >= 4 is 27.7 Å². The molecule has 1 rings (SSSR count). The topological polar surface area (TPSA) is 54.4 Å². The van der Waals surface area contributed by atoms with Crippen molar-refractivity contribution in [1.82, 2.24) is 0 Å². The number of rotatable bonds is 3. The number of ketones is 1. The quantitative estimate of drug-likeness (QED) is 0.860. The van der Waals surface area contributed by atoms with Gasteiger partial charge in [-0.1, -0.05) is 22.0 Å². The fourth-order valence-electron chi connectivity index (χ4n) is 1.31. The molecule has 0 saturated carbocycles. The molecule has 0 radical (unpaired) electrons. The van der Waals surface area contributed by atoms with Gasteiger partial charge in [0.05, 0.1) is 10.4 Å². The number of alkyl halides is 1. The highest BCUT2D eigenvalue weighted by molar-refractivity contribution is 9.09. The predicted molar refractivity (Wildman–Crippen MR) is 60.5 cm³/mol. The number of carboxylic acid groups (broad SMARTS) is 1. The Balaban J connectivity index is 3.13. The number of carboxylic acids is 1. The Hall–Kier alpha value is -1.16. The molecule has 0 saturated heterocycles. The summed E-state index contributed by atoms with van der Waals surface area (Å²) in [5.74, 6) is -0.959. The molecule has 0 heterocycles. The average molecular weight is 271 g/mol. The Morgan fingerprint density at radius 3 is 2.40 bits per heavy atom. The molecule has 1 aromatic carbocycles. The van der Waals surface area contributed by atoms with Crippen LogP contribution in [-0.2, 0) is 4.79 Å². The van der Waals surface area contributed by atoms with Crippen LogP contribution in [-0.4, -0.2) is 16.9 Å². The Labute approximate surface area is 96.2 Å². The minimum Gasteiger partial charge on any atom is -0.478 e. The standard InChI is InChI=1S/C11H11BrO3/c1-6-5-8(11(14)15)3-4-9(6)10(12)7(2)13/h3-5,10H,1-2H3,(H,14,15). The lowest BCUT2D eigenvalue weighted by molar-refractivity contribution is -0.116. The molecule has 0 amide bonds. The number of hydrogen-bond acceptors (Lipinski definition) is 2. The smallest absolute Gasteiger partial charge is 0.335 e. The number of benzene rings is 1. The monoisotopic (exact) mass is 270 g/mol. The van der Waals surface area contributed by atoms with E-state index in [1.807, 2.05) is 0 Å². The van der Waals surface area contributed by atoms with Gasteiger partial charge in [0, 0.05) is 0 Å². The average Bonchev–Trinajstić information content (AvgIpc) is 2.16. The summed E-state index contributed by atoms with van der Waals surface area (Å²) in [6.45, 7) is 3.28. The first kappa shape index (κ1) is 11.9. The summed E-state index contributed by atoms with van der Waals surface area (Å²) in [6.07, 6.45) is 0. The van der Waals surface area contributed by atoms with Gasteiger partial charge in [0.1, 0.15) is 5.78 Å². The van der Waals surface area contributed by atoms with Crippen LogP contribution in [0.3, 0.4) is 0 Å². The van der Waals surface area contributed by atoms with Crippen LogP contribution in [0.2, 0.25) is 0 Å². The molecule has 1 aromatic rings. The Morgan fingerprint density at radius 2 is 2.00 bits per heavy atom. The van der Waals surface area contributed by atoms with E-state index in [-0.39, 0.29) is 16.2 Å². The first-order chi connectivity index (χ1) is 6.93. The van der Waals surface area contributed by atoms with Crippen LogP contribution in [0.15, 0.2) is 18.2 Å². The molecule has 4 heteroatoms. The second kappa shape index (κ2) is 4.57. The van der Waals surface area contributed by atoms with Gasteiger partial charge in [-0.05, 0) is 37.1 Å². The van der Waals surface area contributed by atoms with E-state index in [1.54, 1.807) is 19.1 Å². The SMILES string of the molecule is CC(=O)C(Br)c1ccc(C(=O)O)cc1C. The molecule has 0 aliphatic rings. The lowest BCUT2D eigenvalue weighted by Crippen LogP contribution is -2.05. The van der Waals surface area contributed by atoms with E-state index in [2.05, 4.69) is 15.9 Å². The fourth-order valence-corrected chi connectivity index (χ4v) is 1.83. The van der Waals surface area contributed by atoms with E-state index in [1.165, 1.54) is 13.0 Å². The molecule has 0 bridgehead atoms. The molecule has 0 aromatic heterocycles. The van der Waals surface area contributed by atoms with Crippen molar-refractivity contribution in [2.45, 2.75) is 18.7 Å². The second-order valence-electron chi connectivity index (χ2n) is 3.35. The molecular formula is C11H11BrO3. The van der Waals surface area contributed by atoms with Crippen molar-refractivity contribution in [3.05, 3.63) is 34.9 Å². The molecule has 0 aliphatic carbocycles. The first-order valence-corrected chi connectivity index (χ1v) is 5.33. The van der Waals surface area contributed by atoms with Gasteiger partial charge >= 0.3 is 5.97 Å². The minimum absolute atomic E-state index is 0.00109. The number of aromatic carboxylic acids is 1. The zero-order chi connectivity index (χ0) is 11.6. The van der Waals surface area contributed by atoms with Crippen molar-refractivity contribution < 1.29 is 14.7 Å². The maximum Gasteiger partial charge on any atom is 0.335 e. The highest BCUT2D eigenvalue weighted by Crippen LogP contribution is 2.27. The molecule has 80 valence electrons. The van der Waals surface area contributed by atoms with Gasteiger partial charge in [0.2, 0.25) is 0 Å². The highest BCUT2D eigenvalue weighted by Gasteiger charge is 2.15. The summed E-state index contributed by atoms with van der Waals surface area (Å²) < 4.78 is 0. The van der Waals surface area contributed by atoms with Crippen LogP contribution in [0.5, 0.6) is 0 Å². The van der Waals surface area contributed by atoms with E-state index < -0.39 is 5.97 Å². The summed E-state index contributed by atoms with van der Waals surface area (Å²) in [5, 5.41) is 8.77. The lowest BCUT2D eigenvalue weighted by Gasteiger charge is -2.10. The number of Topliss-reactive ketones (excluding diaryl/α,β-unsaturated/α-hetero) is 1. The van der Waals surface area contributed by atoms with Crippen molar-refractivity contribution in [3.8, 4) is 0 Å². The van der Waals surface area contributed by atoms with Crippen LogP contribution in [0.1, 0.15) is 33.2 Å². The van der Waals surface area contributed by atoms with E-state index in [0.29, 0.717) is 0 Å². The van der Waals surface area contributed by atoms with Crippen molar-refractivity contribution in [3.63, 3.8) is 0 Å². The molecule has 0 spiro atoms. The molecule has 0 aliphatic heterocycles. The third-order valence-corrected chi connectivity index (χ3v) is 3.28. The predicted octanol–water partition coefficient (Wildman–Crippen LogP) is 2.72. The lowest BCUT2D eigenvalue weighted by atomic mass is 10.0. The van der Waals surface area contributed by atoms with Gasteiger partial charge in [-0.25, -0.2) is 4.79 Å². The fraction of sp³-hybridized carbons (Fsp3) is 0.273. The number of hydrogen-bond donors (Lipinski definition) is 1. The Kier molecular flexibility index (Phi) is 3.63. The third kappa shape index (κ3) is 2.65. The Bertz CT molecular complexity index is 412. The molecule has 1 atom stereocenters. The van der Waals surface area contributed by atoms with Crippen LogP contribution in [0.25, 0.3) is 0 Å². The molecule has 1 unspecified atom stereocenters. The van der Waals surface area contributed by atoms with Gasteiger partial charge < -0.3 is 5.11 Å². The van der Waals surface area contributed by atoms with Gasteiger partial charge in [-0.3, -0.25) is 4.79 Å². The first-order valence-electron chi connectivity index (χ1n) is 4.42. The zero-order valence-corrected chi connectivity index (χ0v) is 10.0. The van der Waals surface area contributed by atoms with E-state index in [9.17, 15) is 9.59 Å². The number of halogens is 1. The normalized spacial score (nSPS) is 12.2. The van der Waals surface area contributed by atoms with E-state index in [4.69, 9.17) is 5.11 Å². The summed E-state index contributed by atoms with van der Waals surface area (Å²) in [6, 6.07) is 4.73. The molecule has 1 N–H and O–H groups in total. The van der Waals surface area contributed by atoms with Gasteiger partial charge in [-0.2, -0.15) is 0 Å². The van der Waals surface area contributed by atoms with Gasteiger partial charge in [-0.15, -0.1) is 0 Å². The molecular weight excluding hydrogens is 260 g/mol. The largest absolute Gasteiger partial charge is 0.478 e. The van der Waals surface area contributed by atoms with Crippen molar-refractivity contribution in [2.24, 2.45) is 0 Å². The summed E-state index contributed by atoms with van der Waals surface area (Å²) in [5.41, 5.74) is 1.85. The van der Waals surface area contributed by atoms with Gasteiger partial charge in [0.25, 0.3) is 0 Å². The highest BCUT2D eigenvalue weighted by atomic mass is 79.9. The summed E-state index contributed by atoms with van der Waals surface area (Å²) in [7, 11) is 0. The van der Waals surface area contributed by atoms with Crippen LogP contribution >= 0.6 is 15.9 Å². The van der Waals surface area contributed by atoms with Crippen LogP contribution < -0.4 is 0 Å². The summed E-state index contributed by atoms with van der Waals surface area (Å²) >= 11 is 3.27. The van der Waals surface area contributed by atoms with Crippen molar-refractivity contribution in [2.75, 3.05) is 0 Å². The van der Waals surface area contributed by atoms with E-state index >= 15 is 0 Å².